The Hall–Kier alpha value is -2.11. The molecule has 0 aromatic carbocycles. The van der Waals surface area contributed by atoms with Gasteiger partial charge >= 0.3 is 17.9 Å². The van der Waals surface area contributed by atoms with Gasteiger partial charge < -0.3 is 14.2 Å². The van der Waals surface area contributed by atoms with E-state index in [0.717, 1.165) is 70.6 Å². The first-order chi connectivity index (χ1) is 35.0. The lowest BCUT2D eigenvalue weighted by molar-refractivity contribution is -0.167. The van der Waals surface area contributed by atoms with E-state index in [4.69, 9.17) is 14.2 Å². The molecule has 0 aromatic heterocycles. The van der Waals surface area contributed by atoms with Crippen molar-refractivity contribution in [3.63, 3.8) is 0 Å². The molecule has 0 rings (SSSR count). The monoisotopic (exact) mass is 999 g/mol. The van der Waals surface area contributed by atoms with Crippen molar-refractivity contribution in [3.8, 4) is 0 Å². The number of carbonyl (C=O) groups is 3. The molecule has 1 atom stereocenters. The molecule has 0 amide bonds. The first-order valence-corrected chi connectivity index (χ1v) is 31.8. The average molecular weight is 1000 g/mol. The van der Waals surface area contributed by atoms with Crippen LogP contribution in [0.3, 0.4) is 0 Å². The highest BCUT2D eigenvalue weighted by atomic mass is 16.6. The second kappa shape index (κ2) is 60.4. The van der Waals surface area contributed by atoms with Crippen molar-refractivity contribution >= 4 is 17.9 Å². The zero-order chi connectivity index (χ0) is 51.4. The van der Waals surface area contributed by atoms with Crippen LogP contribution in [0.4, 0.5) is 0 Å². The first-order valence-electron chi connectivity index (χ1n) is 31.8. The Kier molecular flexibility index (Phi) is 58.6. The Morgan fingerprint density at radius 2 is 0.507 bits per heavy atom. The van der Waals surface area contributed by atoms with Gasteiger partial charge in [-0.1, -0.05) is 308 Å². The standard InChI is InChI=1S/C65H122O6/c1-4-7-10-13-16-19-22-25-28-30-31-32-33-35-38-40-43-46-49-52-55-58-64(67)70-61-62(71-65(68)59-56-53-50-47-44-41-36-27-24-21-18-15-12-9-6-3)60-69-63(66)57-54-51-48-45-42-39-37-34-29-26-23-20-17-14-11-8-5-2/h17,20,26,29,62H,4-16,18-19,21-25,27-28,30-61H2,1-3H3/b20-17-,29-26-/t62-/m1/s1. The molecule has 71 heavy (non-hydrogen) atoms. The number of hydrogen-bond acceptors (Lipinski definition) is 6. The van der Waals surface area contributed by atoms with E-state index in [1.807, 2.05) is 0 Å². The highest BCUT2D eigenvalue weighted by molar-refractivity contribution is 5.71. The Balaban J connectivity index is 4.29. The van der Waals surface area contributed by atoms with E-state index in [2.05, 4.69) is 45.1 Å². The van der Waals surface area contributed by atoms with Crippen LogP contribution in [0.25, 0.3) is 0 Å². The third-order valence-corrected chi connectivity index (χ3v) is 14.5. The van der Waals surface area contributed by atoms with Crippen molar-refractivity contribution in [3.05, 3.63) is 24.3 Å². The zero-order valence-corrected chi connectivity index (χ0v) is 48.0. The highest BCUT2D eigenvalue weighted by Crippen LogP contribution is 2.18. The number of rotatable bonds is 59. The summed E-state index contributed by atoms with van der Waals surface area (Å²) < 4.78 is 16.9. The molecule has 0 bridgehead atoms. The highest BCUT2D eigenvalue weighted by Gasteiger charge is 2.19. The molecule has 0 aliphatic heterocycles. The predicted molar refractivity (Wildman–Crippen MR) is 307 cm³/mol. The molecule has 0 radical (unpaired) electrons. The fourth-order valence-electron chi connectivity index (χ4n) is 9.65. The summed E-state index contributed by atoms with van der Waals surface area (Å²) in [4.78, 5) is 38.3. The molecular weight excluding hydrogens is 877 g/mol. The van der Waals surface area contributed by atoms with Crippen LogP contribution in [0, 0.1) is 0 Å². The van der Waals surface area contributed by atoms with Gasteiger partial charge in [-0.2, -0.15) is 0 Å². The molecule has 0 heterocycles. The molecule has 0 aliphatic rings. The van der Waals surface area contributed by atoms with E-state index in [1.165, 1.54) is 244 Å². The molecule has 418 valence electrons. The third-order valence-electron chi connectivity index (χ3n) is 14.5. The van der Waals surface area contributed by atoms with Gasteiger partial charge in [0.2, 0.25) is 0 Å². The lowest BCUT2D eigenvalue weighted by Gasteiger charge is -2.18. The van der Waals surface area contributed by atoms with Gasteiger partial charge in [-0.15, -0.1) is 0 Å². The minimum Gasteiger partial charge on any atom is -0.462 e. The summed E-state index contributed by atoms with van der Waals surface area (Å²) in [6, 6.07) is 0. The van der Waals surface area contributed by atoms with Gasteiger partial charge in [-0.25, -0.2) is 0 Å². The van der Waals surface area contributed by atoms with Gasteiger partial charge in [-0.3, -0.25) is 14.4 Å². The van der Waals surface area contributed by atoms with Crippen molar-refractivity contribution in [2.45, 2.75) is 361 Å². The van der Waals surface area contributed by atoms with Gasteiger partial charge in [0.1, 0.15) is 13.2 Å². The van der Waals surface area contributed by atoms with E-state index in [9.17, 15) is 14.4 Å². The number of esters is 3. The van der Waals surface area contributed by atoms with Gasteiger partial charge in [0.25, 0.3) is 0 Å². The summed E-state index contributed by atoms with van der Waals surface area (Å²) in [7, 11) is 0. The van der Waals surface area contributed by atoms with Crippen LogP contribution in [0.1, 0.15) is 355 Å². The summed E-state index contributed by atoms with van der Waals surface area (Å²) in [6.07, 6.45) is 71.8. The zero-order valence-electron chi connectivity index (χ0n) is 48.0. The van der Waals surface area contributed by atoms with E-state index in [-0.39, 0.29) is 31.1 Å². The Morgan fingerprint density at radius 1 is 0.282 bits per heavy atom. The Bertz CT molecular complexity index is 1150. The lowest BCUT2D eigenvalue weighted by Crippen LogP contribution is -2.30. The maximum absolute atomic E-state index is 12.9. The van der Waals surface area contributed by atoms with Crippen LogP contribution < -0.4 is 0 Å². The number of unbranched alkanes of at least 4 members (excludes halogenated alkanes) is 44. The van der Waals surface area contributed by atoms with Crippen LogP contribution >= 0.6 is 0 Å². The van der Waals surface area contributed by atoms with Gasteiger partial charge in [0.15, 0.2) is 6.10 Å². The van der Waals surface area contributed by atoms with Crippen LogP contribution in [0.5, 0.6) is 0 Å². The van der Waals surface area contributed by atoms with Crippen molar-refractivity contribution in [2.75, 3.05) is 13.2 Å². The van der Waals surface area contributed by atoms with E-state index in [0.29, 0.717) is 19.3 Å². The van der Waals surface area contributed by atoms with Crippen LogP contribution in [0.2, 0.25) is 0 Å². The molecule has 6 heteroatoms. The fraction of sp³-hybridized carbons (Fsp3) is 0.892. The van der Waals surface area contributed by atoms with Crippen molar-refractivity contribution < 1.29 is 28.6 Å². The number of allylic oxidation sites excluding steroid dienone is 4. The number of hydrogen-bond donors (Lipinski definition) is 0. The van der Waals surface area contributed by atoms with E-state index in [1.54, 1.807) is 0 Å². The third kappa shape index (κ3) is 58.7. The second-order valence-electron chi connectivity index (χ2n) is 21.7. The van der Waals surface area contributed by atoms with Crippen LogP contribution in [0.15, 0.2) is 24.3 Å². The lowest BCUT2D eigenvalue weighted by atomic mass is 10.0. The number of carbonyl (C=O) groups excluding carboxylic acids is 3. The molecule has 0 spiro atoms. The largest absolute Gasteiger partial charge is 0.462 e. The molecule has 0 N–H and O–H groups in total. The van der Waals surface area contributed by atoms with Crippen molar-refractivity contribution in [2.24, 2.45) is 0 Å². The predicted octanol–water partition coefficient (Wildman–Crippen LogP) is 21.4. The molecule has 0 aliphatic carbocycles. The normalized spacial score (nSPS) is 12.1. The summed E-state index contributed by atoms with van der Waals surface area (Å²) in [5.74, 6) is -0.848. The SMILES string of the molecule is CCCCC/C=C\C/C=C\CCCCCCCCCC(=O)OC[C@H](COC(=O)CCCCCCCCCCCCCCCCCCCCCCC)OC(=O)CCCCCCCCCCCCCCCCC. The number of ether oxygens (including phenoxy) is 3. The summed E-state index contributed by atoms with van der Waals surface area (Å²) in [5, 5.41) is 0. The van der Waals surface area contributed by atoms with Crippen molar-refractivity contribution in [1.82, 2.24) is 0 Å². The van der Waals surface area contributed by atoms with Crippen LogP contribution in [-0.2, 0) is 28.6 Å². The molecule has 0 saturated heterocycles. The summed E-state index contributed by atoms with van der Waals surface area (Å²) >= 11 is 0. The molecule has 6 nitrogen and oxygen atoms in total. The van der Waals surface area contributed by atoms with Gasteiger partial charge in [0, 0.05) is 19.3 Å². The maximum Gasteiger partial charge on any atom is 0.306 e. The molecule has 0 aromatic rings. The minimum atomic E-state index is -0.770. The Morgan fingerprint density at radius 3 is 0.803 bits per heavy atom. The molecule has 0 saturated carbocycles. The van der Waals surface area contributed by atoms with Crippen LogP contribution in [-0.4, -0.2) is 37.2 Å². The summed E-state index contributed by atoms with van der Waals surface area (Å²) in [6.45, 7) is 6.68. The van der Waals surface area contributed by atoms with Gasteiger partial charge in [0.05, 0.1) is 0 Å². The quantitative estimate of drug-likeness (QED) is 0.0261. The van der Waals surface area contributed by atoms with Gasteiger partial charge in [-0.05, 0) is 51.4 Å². The maximum atomic E-state index is 12.9. The topological polar surface area (TPSA) is 78.9 Å². The molecule has 0 fully saturated rings. The smallest absolute Gasteiger partial charge is 0.306 e. The average Bonchev–Trinajstić information content (AvgIpc) is 3.37. The van der Waals surface area contributed by atoms with E-state index < -0.39 is 6.10 Å². The molecule has 0 unspecified atom stereocenters. The molecular formula is C65H122O6. The van der Waals surface area contributed by atoms with E-state index >= 15 is 0 Å². The first kappa shape index (κ1) is 68.9. The Labute approximate surface area is 443 Å². The summed E-state index contributed by atoms with van der Waals surface area (Å²) in [5.41, 5.74) is 0. The van der Waals surface area contributed by atoms with Crippen molar-refractivity contribution in [1.29, 1.82) is 0 Å². The fourth-order valence-corrected chi connectivity index (χ4v) is 9.65. The minimum absolute atomic E-state index is 0.0675. The second-order valence-corrected chi connectivity index (χ2v) is 21.7.